The Balaban J connectivity index is 1.88. The predicted octanol–water partition coefficient (Wildman–Crippen LogP) is 3.90. The van der Waals surface area contributed by atoms with Gasteiger partial charge in [-0.05, 0) is 43.7 Å². The Labute approximate surface area is 119 Å². The van der Waals surface area contributed by atoms with Crippen LogP contribution >= 0.6 is 0 Å². The van der Waals surface area contributed by atoms with Crippen molar-refractivity contribution in [1.29, 1.82) is 0 Å². The first kappa shape index (κ1) is 14.7. The Morgan fingerprint density at radius 2 is 2.05 bits per heavy atom. The molecule has 4 heteroatoms. The number of carbonyl (C=O) groups is 1. The zero-order valence-electron chi connectivity index (χ0n) is 11.9. The number of benzene rings is 1. The van der Waals surface area contributed by atoms with E-state index < -0.39 is 11.7 Å². The van der Waals surface area contributed by atoms with E-state index in [1.54, 1.807) is 12.1 Å². The molecule has 3 nitrogen and oxygen atoms in total. The number of nitrogens with zero attached hydrogens (tertiary/aromatic N) is 1. The van der Waals surface area contributed by atoms with Crippen LogP contribution in [0.15, 0.2) is 29.4 Å². The third kappa shape index (κ3) is 3.89. The van der Waals surface area contributed by atoms with Gasteiger partial charge in [0.25, 0.3) is 5.91 Å². The molecule has 0 radical (unpaired) electrons. The summed E-state index contributed by atoms with van der Waals surface area (Å²) >= 11 is 0. The highest BCUT2D eigenvalue weighted by Crippen LogP contribution is 2.25. The minimum Gasteiger partial charge on any atom is -0.267 e. The van der Waals surface area contributed by atoms with E-state index in [0.29, 0.717) is 0 Å². The van der Waals surface area contributed by atoms with Gasteiger partial charge in [-0.1, -0.05) is 31.9 Å². The molecule has 108 valence electrons. The van der Waals surface area contributed by atoms with E-state index in [9.17, 15) is 9.18 Å². The molecule has 0 saturated heterocycles. The topological polar surface area (TPSA) is 41.5 Å². The molecular weight excluding hydrogens is 255 g/mol. The highest BCUT2D eigenvalue weighted by molar-refractivity contribution is 5.95. The Morgan fingerprint density at radius 1 is 1.35 bits per heavy atom. The van der Waals surface area contributed by atoms with Gasteiger partial charge in [-0.15, -0.1) is 0 Å². The smallest absolute Gasteiger partial charge is 0.267 e. The molecule has 1 aliphatic rings. The summed E-state index contributed by atoms with van der Waals surface area (Å²) in [6, 6.07) is 5.94. The number of nitrogens with one attached hydrogen (secondary N) is 1. The normalized spacial score (nSPS) is 18.7. The van der Waals surface area contributed by atoms with Crippen molar-refractivity contribution in [2.24, 2.45) is 11.0 Å². The molecule has 0 spiro atoms. The fraction of sp³-hybridized carbons (Fsp3) is 0.500. The van der Waals surface area contributed by atoms with E-state index in [4.69, 9.17) is 0 Å². The van der Waals surface area contributed by atoms with Crippen molar-refractivity contribution in [2.45, 2.75) is 45.4 Å². The molecule has 0 atom stereocenters. The molecule has 1 N–H and O–H groups in total. The number of rotatable bonds is 4. The minimum atomic E-state index is -0.517. The molecule has 0 heterocycles. The molecule has 0 aliphatic heterocycles. The second kappa shape index (κ2) is 7.17. The van der Waals surface area contributed by atoms with Crippen molar-refractivity contribution in [1.82, 2.24) is 5.43 Å². The van der Waals surface area contributed by atoms with Crippen LogP contribution in [0.1, 0.15) is 55.8 Å². The summed E-state index contributed by atoms with van der Waals surface area (Å²) in [5.74, 6) is -0.204. The van der Waals surface area contributed by atoms with Gasteiger partial charge < -0.3 is 0 Å². The van der Waals surface area contributed by atoms with Crippen molar-refractivity contribution >= 4 is 11.6 Å². The number of hydrogen-bond acceptors (Lipinski definition) is 2. The van der Waals surface area contributed by atoms with Crippen LogP contribution in [0.5, 0.6) is 0 Å². The van der Waals surface area contributed by atoms with Crippen molar-refractivity contribution < 1.29 is 9.18 Å². The van der Waals surface area contributed by atoms with Gasteiger partial charge in [0.05, 0.1) is 5.56 Å². The average Bonchev–Trinajstić information content (AvgIpc) is 2.47. The monoisotopic (exact) mass is 276 g/mol. The lowest BCUT2D eigenvalue weighted by molar-refractivity contribution is 0.0950. The van der Waals surface area contributed by atoms with Crippen molar-refractivity contribution in [3.8, 4) is 0 Å². The first-order valence-electron chi connectivity index (χ1n) is 7.31. The molecule has 2 rings (SSSR count). The van der Waals surface area contributed by atoms with Gasteiger partial charge in [0.15, 0.2) is 0 Å². The molecule has 1 aromatic rings. The highest BCUT2D eigenvalue weighted by Gasteiger charge is 2.17. The predicted molar refractivity (Wildman–Crippen MR) is 78.2 cm³/mol. The van der Waals surface area contributed by atoms with Crippen molar-refractivity contribution in [3.05, 3.63) is 35.6 Å². The summed E-state index contributed by atoms with van der Waals surface area (Å²) in [6.07, 6.45) is 6.64. The lowest BCUT2D eigenvalue weighted by Crippen LogP contribution is -2.23. The van der Waals surface area contributed by atoms with E-state index in [2.05, 4.69) is 17.5 Å². The molecule has 0 bridgehead atoms. The number of carbonyl (C=O) groups excluding carboxylic acids is 1. The van der Waals surface area contributed by atoms with Gasteiger partial charge in [0, 0.05) is 5.71 Å². The molecule has 1 aromatic carbocycles. The Hall–Kier alpha value is -1.71. The summed E-state index contributed by atoms with van der Waals surface area (Å²) in [5, 5.41) is 4.15. The molecule has 1 fully saturated rings. The second-order valence-electron chi connectivity index (χ2n) is 5.33. The zero-order valence-corrected chi connectivity index (χ0v) is 11.9. The largest absolute Gasteiger partial charge is 0.274 e. The van der Waals surface area contributed by atoms with Crippen molar-refractivity contribution in [2.75, 3.05) is 0 Å². The van der Waals surface area contributed by atoms with E-state index in [-0.39, 0.29) is 5.56 Å². The fourth-order valence-electron chi connectivity index (χ4n) is 2.65. The van der Waals surface area contributed by atoms with Crippen LogP contribution in [-0.2, 0) is 0 Å². The SMILES string of the molecule is CCCC1CCC(=NNC(=O)c2ccccc2F)CC1. The van der Waals surface area contributed by atoms with Crippen LogP contribution in [0.4, 0.5) is 4.39 Å². The quantitative estimate of drug-likeness (QED) is 0.832. The molecular formula is C16H21FN2O. The molecule has 1 amide bonds. The summed E-state index contributed by atoms with van der Waals surface area (Å²) in [4.78, 5) is 11.8. The third-order valence-corrected chi connectivity index (χ3v) is 3.81. The van der Waals surface area contributed by atoms with E-state index in [0.717, 1.165) is 37.3 Å². The highest BCUT2D eigenvalue weighted by atomic mass is 19.1. The summed E-state index contributed by atoms with van der Waals surface area (Å²) < 4.78 is 13.4. The Morgan fingerprint density at radius 3 is 2.70 bits per heavy atom. The Kier molecular flexibility index (Phi) is 5.27. The van der Waals surface area contributed by atoms with E-state index in [1.165, 1.54) is 25.0 Å². The van der Waals surface area contributed by atoms with Crippen LogP contribution in [0.25, 0.3) is 0 Å². The van der Waals surface area contributed by atoms with Gasteiger partial charge in [-0.2, -0.15) is 5.10 Å². The van der Waals surface area contributed by atoms with E-state index >= 15 is 0 Å². The third-order valence-electron chi connectivity index (χ3n) is 3.81. The van der Waals surface area contributed by atoms with Gasteiger partial charge in [0.1, 0.15) is 5.82 Å². The van der Waals surface area contributed by atoms with Crippen LogP contribution < -0.4 is 5.43 Å². The van der Waals surface area contributed by atoms with Gasteiger partial charge in [-0.25, -0.2) is 9.82 Å². The van der Waals surface area contributed by atoms with Crippen LogP contribution in [0.2, 0.25) is 0 Å². The maximum atomic E-state index is 13.4. The number of hydrazone groups is 1. The number of hydrogen-bond donors (Lipinski definition) is 1. The number of amides is 1. The van der Waals surface area contributed by atoms with Gasteiger partial charge in [0.2, 0.25) is 0 Å². The van der Waals surface area contributed by atoms with Crippen LogP contribution in [0.3, 0.4) is 0 Å². The van der Waals surface area contributed by atoms with Crippen molar-refractivity contribution in [3.63, 3.8) is 0 Å². The first-order valence-corrected chi connectivity index (χ1v) is 7.31. The lowest BCUT2D eigenvalue weighted by Gasteiger charge is -2.22. The molecule has 0 unspecified atom stereocenters. The Bertz CT molecular complexity index is 489. The summed E-state index contributed by atoms with van der Waals surface area (Å²) in [5.41, 5.74) is 3.52. The maximum Gasteiger partial charge on any atom is 0.274 e. The fourth-order valence-corrected chi connectivity index (χ4v) is 2.65. The molecule has 20 heavy (non-hydrogen) atoms. The van der Waals surface area contributed by atoms with Crippen LogP contribution in [-0.4, -0.2) is 11.6 Å². The molecule has 1 aliphatic carbocycles. The summed E-state index contributed by atoms with van der Waals surface area (Å²) in [7, 11) is 0. The second-order valence-corrected chi connectivity index (χ2v) is 5.33. The van der Waals surface area contributed by atoms with E-state index in [1.807, 2.05) is 0 Å². The minimum absolute atomic E-state index is 0.0384. The first-order chi connectivity index (χ1) is 9.70. The summed E-state index contributed by atoms with van der Waals surface area (Å²) in [6.45, 7) is 2.21. The van der Waals surface area contributed by atoms with Crippen LogP contribution in [0, 0.1) is 11.7 Å². The molecule has 1 saturated carbocycles. The molecule has 0 aromatic heterocycles. The zero-order chi connectivity index (χ0) is 14.4. The maximum absolute atomic E-state index is 13.4. The lowest BCUT2D eigenvalue weighted by atomic mass is 9.85. The van der Waals surface area contributed by atoms with Gasteiger partial charge in [-0.3, -0.25) is 4.79 Å². The number of halogens is 1. The standard InChI is InChI=1S/C16H21FN2O/c1-2-5-12-8-10-13(11-9-12)18-19-16(20)14-6-3-4-7-15(14)17/h3-4,6-7,12H,2,5,8-11H2,1H3,(H,19,20). The average molecular weight is 276 g/mol. The van der Waals surface area contributed by atoms with Gasteiger partial charge >= 0.3 is 0 Å².